The molecule has 0 aromatic rings. The van der Waals surface area contributed by atoms with Gasteiger partial charge in [-0.15, -0.1) is 0 Å². The molecule has 0 aliphatic carbocycles. The molecule has 0 spiro atoms. The molecular formula is C11H20N2OS. The van der Waals surface area contributed by atoms with Gasteiger partial charge >= 0.3 is 0 Å². The zero-order chi connectivity index (χ0) is 10.7. The zero-order valence-electron chi connectivity index (χ0n) is 9.37. The molecule has 2 aliphatic rings. The molecular weight excluding hydrogens is 208 g/mol. The predicted octanol–water partition coefficient (Wildman–Crippen LogP) is 0.950. The van der Waals surface area contributed by atoms with Crippen LogP contribution in [-0.2, 0) is 4.79 Å². The second-order valence-electron chi connectivity index (χ2n) is 4.49. The summed E-state index contributed by atoms with van der Waals surface area (Å²) >= 11 is 1.95. The van der Waals surface area contributed by atoms with Crippen LogP contribution >= 0.6 is 11.8 Å². The van der Waals surface area contributed by atoms with E-state index in [0.29, 0.717) is 11.8 Å². The lowest BCUT2D eigenvalue weighted by atomic mass is 9.92. The maximum atomic E-state index is 12.2. The van der Waals surface area contributed by atoms with Gasteiger partial charge in [0.15, 0.2) is 0 Å². The molecule has 3 nitrogen and oxygen atoms in total. The van der Waals surface area contributed by atoms with E-state index in [2.05, 4.69) is 12.2 Å². The van der Waals surface area contributed by atoms with E-state index in [0.717, 1.165) is 31.1 Å². The Morgan fingerprint density at radius 1 is 1.40 bits per heavy atom. The summed E-state index contributed by atoms with van der Waals surface area (Å²) in [5.74, 6) is 3.04. The Morgan fingerprint density at radius 3 is 2.80 bits per heavy atom. The molecule has 15 heavy (non-hydrogen) atoms. The molecule has 1 amide bonds. The molecule has 86 valence electrons. The van der Waals surface area contributed by atoms with Crippen molar-refractivity contribution in [1.29, 1.82) is 0 Å². The molecule has 2 heterocycles. The van der Waals surface area contributed by atoms with Crippen LogP contribution in [0, 0.1) is 5.92 Å². The fourth-order valence-electron chi connectivity index (χ4n) is 2.36. The van der Waals surface area contributed by atoms with Gasteiger partial charge < -0.3 is 10.2 Å². The number of piperidine rings is 1. The first-order valence-electron chi connectivity index (χ1n) is 5.89. The van der Waals surface area contributed by atoms with Crippen molar-refractivity contribution in [3.8, 4) is 0 Å². The third-order valence-electron chi connectivity index (χ3n) is 3.36. The van der Waals surface area contributed by atoms with Crippen molar-refractivity contribution in [1.82, 2.24) is 10.2 Å². The summed E-state index contributed by atoms with van der Waals surface area (Å²) in [7, 11) is 0. The van der Waals surface area contributed by atoms with E-state index in [1.807, 2.05) is 16.7 Å². The van der Waals surface area contributed by atoms with E-state index in [9.17, 15) is 4.79 Å². The Labute approximate surface area is 96.0 Å². The van der Waals surface area contributed by atoms with Crippen molar-refractivity contribution in [3.05, 3.63) is 0 Å². The van der Waals surface area contributed by atoms with Crippen LogP contribution in [0.5, 0.6) is 0 Å². The number of amides is 1. The van der Waals surface area contributed by atoms with Gasteiger partial charge in [-0.2, -0.15) is 11.8 Å². The Kier molecular flexibility index (Phi) is 3.92. The van der Waals surface area contributed by atoms with Gasteiger partial charge in [0.25, 0.3) is 0 Å². The van der Waals surface area contributed by atoms with Crippen LogP contribution in [0.3, 0.4) is 0 Å². The second kappa shape index (κ2) is 5.21. The maximum Gasteiger partial charge on any atom is 0.240 e. The van der Waals surface area contributed by atoms with Gasteiger partial charge in [-0.25, -0.2) is 0 Å². The van der Waals surface area contributed by atoms with Gasteiger partial charge in [0.1, 0.15) is 0 Å². The predicted molar refractivity (Wildman–Crippen MR) is 64.1 cm³/mol. The standard InChI is InChI=1S/C11H20N2OS/c1-9-3-2-4-12-10(9)11(14)13-5-7-15-8-6-13/h9-10,12H,2-8H2,1H3. The summed E-state index contributed by atoms with van der Waals surface area (Å²) in [6.07, 6.45) is 2.40. The van der Waals surface area contributed by atoms with Crippen LogP contribution in [0.1, 0.15) is 19.8 Å². The van der Waals surface area contributed by atoms with E-state index >= 15 is 0 Å². The Morgan fingerprint density at radius 2 is 2.13 bits per heavy atom. The van der Waals surface area contributed by atoms with Crippen molar-refractivity contribution in [3.63, 3.8) is 0 Å². The van der Waals surface area contributed by atoms with E-state index in [-0.39, 0.29) is 6.04 Å². The first-order chi connectivity index (χ1) is 7.29. The quantitative estimate of drug-likeness (QED) is 0.725. The molecule has 2 saturated heterocycles. The SMILES string of the molecule is CC1CCCNC1C(=O)N1CCSCC1. The molecule has 0 aromatic carbocycles. The number of hydrogen-bond acceptors (Lipinski definition) is 3. The van der Waals surface area contributed by atoms with Crippen molar-refractivity contribution >= 4 is 17.7 Å². The topological polar surface area (TPSA) is 32.3 Å². The summed E-state index contributed by atoms with van der Waals surface area (Å²) in [5.41, 5.74) is 0. The number of nitrogens with zero attached hydrogens (tertiary/aromatic N) is 1. The van der Waals surface area contributed by atoms with Crippen LogP contribution in [-0.4, -0.2) is 48.0 Å². The lowest BCUT2D eigenvalue weighted by molar-refractivity contribution is -0.134. The van der Waals surface area contributed by atoms with Crippen LogP contribution in [0.2, 0.25) is 0 Å². The first kappa shape index (κ1) is 11.3. The van der Waals surface area contributed by atoms with Crippen LogP contribution in [0.25, 0.3) is 0 Å². The Hall–Kier alpha value is -0.220. The van der Waals surface area contributed by atoms with Crippen LogP contribution in [0.15, 0.2) is 0 Å². The molecule has 2 aliphatic heterocycles. The van der Waals surface area contributed by atoms with Crippen molar-refractivity contribution in [2.75, 3.05) is 31.1 Å². The van der Waals surface area contributed by atoms with Gasteiger partial charge in [0.05, 0.1) is 6.04 Å². The average molecular weight is 228 g/mol. The Bertz CT molecular complexity index is 229. The summed E-state index contributed by atoms with van der Waals surface area (Å²) in [6.45, 7) is 5.07. The number of nitrogens with one attached hydrogen (secondary N) is 1. The number of hydrogen-bond donors (Lipinski definition) is 1. The van der Waals surface area contributed by atoms with Gasteiger partial charge in [0, 0.05) is 24.6 Å². The van der Waals surface area contributed by atoms with Crippen LogP contribution < -0.4 is 5.32 Å². The number of rotatable bonds is 1. The summed E-state index contributed by atoms with van der Waals surface area (Å²) < 4.78 is 0. The fraction of sp³-hybridized carbons (Fsp3) is 0.909. The van der Waals surface area contributed by atoms with E-state index in [4.69, 9.17) is 0 Å². The summed E-state index contributed by atoms with van der Waals surface area (Å²) in [4.78, 5) is 14.3. The molecule has 0 bridgehead atoms. The van der Waals surface area contributed by atoms with Gasteiger partial charge in [0.2, 0.25) is 5.91 Å². The van der Waals surface area contributed by atoms with E-state index < -0.39 is 0 Å². The molecule has 2 fully saturated rings. The summed E-state index contributed by atoms with van der Waals surface area (Å²) in [5, 5.41) is 3.37. The minimum Gasteiger partial charge on any atom is -0.340 e. The highest BCUT2D eigenvalue weighted by Crippen LogP contribution is 2.19. The molecule has 1 N–H and O–H groups in total. The normalized spacial score (nSPS) is 32.7. The molecule has 2 rings (SSSR count). The zero-order valence-corrected chi connectivity index (χ0v) is 10.2. The third kappa shape index (κ3) is 2.67. The second-order valence-corrected chi connectivity index (χ2v) is 5.71. The highest BCUT2D eigenvalue weighted by molar-refractivity contribution is 7.99. The third-order valence-corrected chi connectivity index (χ3v) is 4.30. The molecule has 0 aromatic heterocycles. The highest BCUT2D eigenvalue weighted by atomic mass is 32.2. The lowest BCUT2D eigenvalue weighted by Crippen LogP contribution is -2.53. The highest BCUT2D eigenvalue weighted by Gasteiger charge is 2.31. The number of carbonyl (C=O) groups is 1. The Balaban J connectivity index is 1.92. The molecule has 2 unspecified atom stereocenters. The first-order valence-corrected chi connectivity index (χ1v) is 7.04. The summed E-state index contributed by atoms with van der Waals surface area (Å²) in [6, 6.07) is 0.0850. The average Bonchev–Trinajstić information content (AvgIpc) is 2.30. The van der Waals surface area contributed by atoms with E-state index in [1.165, 1.54) is 12.8 Å². The van der Waals surface area contributed by atoms with Gasteiger partial charge in [-0.3, -0.25) is 4.79 Å². The van der Waals surface area contributed by atoms with Gasteiger partial charge in [-0.05, 0) is 25.3 Å². The maximum absolute atomic E-state index is 12.2. The smallest absolute Gasteiger partial charge is 0.240 e. The molecule has 0 radical (unpaired) electrons. The van der Waals surface area contributed by atoms with Gasteiger partial charge in [-0.1, -0.05) is 6.92 Å². The lowest BCUT2D eigenvalue weighted by Gasteiger charge is -2.35. The molecule has 4 heteroatoms. The largest absolute Gasteiger partial charge is 0.340 e. The molecule has 0 saturated carbocycles. The van der Waals surface area contributed by atoms with Crippen molar-refractivity contribution < 1.29 is 4.79 Å². The van der Waals surface area contributed by atoms with Crippen LogP contribution in [0.4, 0.5) is 0 Å². The monoisotopic (exact) mass is 228 g/mol. The minimum absolute atomic E-state index is 0.0850. The molecule has 2 atom stereocenters. The van der Waals surface area contributed by atoms with Crippen molar-refractivity contribution in [2.45, 2.75) is 25.8 Å². The van der Waals surface area contributed by atoms with E-state index in [1.54, 1.807) is 0 Å². The van der Waals surface area contributed by atoms with Crippen molar-refractivity contribution in [2.24, 2.45) is 5.92 Å². The minimum atomic E-state index is 0.0850. The number of thioether (sulfide) groups is 1. The number of carbonyl (C=O) groups excluding carboxylic acids is 1. The fourth-order valence-corrected chi connectivity index (χ4v) is 3.26.